The summed E-state index contributed by atoms with van der Waals surface area (Å²) in [5.74, 6) is 2.53. The minimum atomic E-state index is 0.389. The molecule has 0 spiro atoms. The summed E-state index contributed by atoms with van der Waals surface area (Å²) in [6.45, 7) is 12.7. The minimum Gasteiger partial charge on any atom is -0.487 e. The second-order valence-corrected chi connectivity index (χ2v) is 4.86. The van der Waals surface area contributed by atoms with Crippen molar-refractivity contribution in [2.24, 2.45) is 18.9 Å². The van der Waals surface area contributed by atoms with Crippen molar-refractivity contribution in [3.8, 4) is 5.75 Å². The van der Waals surface area contributed by atoms with E-state index in [0.717, 1.165) is 17.6 Å². The summed E-state index contributed by atoms with van der Waals surface area (Å²) in [7, 11) is 1.92. The average Bonchev–Trinajstić information content (AvgIpc) is 2.84. The number of aromatic nitrogens is 2. The number of hydrogen-bond donors (Lipinski definition) is 0. The van der Waals surface area contributed by atoms with Crippen LogP contribution in [-0.2, 0) is 7.05 Å². The van der Waals surface area contributed by atoms with Gasteiger partial charge in [-0.05, 0) is 31.1 Å². The summed E-state index contributed by atoms with van der Waals surface area (Å²) in [4.78, 5) is 0. The Morgan fingerprint density at radius 1 is 1.11 bits per heavy atom. The molecule has 1 aromatic heterocycles. The van der Waals surface area contributed by atoms with Crippen molar-refractivity contribution in [1.82, 2.24) is 9.78 Å². The zero-order valence-corrected chi connectivity index (χ0v) is 13.8. The van der Waals surface area contributed by atoms with Gasteiger partial charge in [-0.15, -0.1) is 0 Å². The summed E-state index contributed by atoms with van der Waals surface area (Å²) in [5.41, 5.74) is 0. The monoisotopic (exact) mass is 268 g/mol. The predicted molar refractivity (Wildman–Crippen MR) is 82.5 cm³/mol. The molecule has 1 saturated carbocycles. The van der Waals surface area contributed by atoms with E-state index in [2.05, 4.69) is 18.9 Å². The Labute approximate surface area is 119 Å². The van der Waals surface area contributed by atoms with E-state index < -0.39 is 0 Å². The summed E-state index contributed by atoms with van der Waals surface area (Å²) in [6.07, 6.45) is 7.76. The van der Waals surface area contributed by atoms with E-state index in [1.165, 1.54) is 19.3 Å². The van der Waals surface area contributed by atoms with Crippen molar-refractivity contribution >= 4 is 0 Å². The van der Waals surface area contributed by atoms with Crippen LogP contribution < -0.4 is 4.74 Å². The van der Waals surface area contributed by atoms with Gasteiger partial charge in [-0.3, -0.25) is 4.68 Å². The van der Waals surface area contributed by atoms with Crippen LogP contribution in [0.4, 0.5) is 0 Å². The molecular formula is C16H32N2O. The second kappa shape index (κ2) is 9.88. The first-order valence-electron chi connectivity index (χ1n) is 7.80. The van der Waals surface area contributed by atoms with Gasteiger partial charge in [0, 0.05) is 7.05 Å². The van der Waals surface area contributed by atoms with E-state index in [0.29, 0.717) is 6.10 Å². The molecule has 3 unspecified atom stereocenters. The lowest BCUT2D eigenvalue weighted by atomic mass is 9.80. The van der Waals surface area contributed by atoms with Gasteiger partial charge < -0.3 is 4.74 Å². The molecule has 1 aliphatic carbocycles. The van der Waals surface area contributed by atoms with E-state index in [4.69, 9.17) is 4.74 Å². The molecule has 3 nitrogen and oxygen atoms in total. The molecule has 0 bridgehead atoms. The lowest BCUT2D eigenvalue weighted by Crippen LogP contribution is -2.28. The Bertz CT molecular complexity index is 322. The molecule has 112 valence electrons. The molecule has 0 N–H and O–H groups in total. The summed E-state index contributed by atoms with van der Waals surface area (Å²) in [5, 5.41) is 4.11. The third-order valence-corrected chi connectivity index (χ3v) is 3.53. The molecule has 0 aliphatic heterocycles. The second-order valence-electron chi connectivity index (χ2n) is 4.86. The Hall–Kier alpha value is -0.990. The van der Waals surface area contributed by atoms with E-state index >= 15 is 0 Å². The molecule has 0 saturated heterocycles. The maximum Gasteiger partial charge on any atom is 0.157 e. The zero-order valence-electron chi connectivity index (χ0n) is 13.8. The van der Waals surface area contributed by atoms with Crippen LogP contribution >= 0.6 is 0 Å². The van der Waals surface area contributed by atoms with Gasteiger partial charge in [0.1, 0.15) is 0 Å². The first kappa shape index (κ1) is 18.0. The van der Waals surface area contributed by atoms with Gasteiger partial charge in [0.2, 0.25) is 0 Å². The lowest BCUT2D eigenvalue weighted by Gasteiger charge is -2.31. The molecule has 19 heavy (non-hydrogen) atoms. The number of rotatable bonds is 2. The van der Waals surface area contributed by atoms with Crippen molar-refractivity contribution in [3.05, 3.63) is 12.4 Å². The van der Waals surface area contributed by atoms with Gasteiger partial charge in [0.25, 0.3) is 0 Å². The van der Waals surface area contributed by atoms with Crippen LogP contribution in [0, 0.1) is 11.8 Å². The molecule has 3 atom stereocenters. The Kier molecular flexibility index (Phi) is 9.36. The SMILES string of the molecule is CC.CC.CC1CCC(Oc2cnn(C)c2)CC1C. The first-order valence-corrected chi connectivity index (χ1v) is 7.80. The molecule has 1 aliphatic rings. The predicted octanol–water partition coefficient (Wildman–Crippen LogP) is 4.68. The summed E-state index contributed by atoms with van der Waals surface area (Å²) >= 11 is 0. The quantitative estimate of drug-likeness (QED) is 0.779. The smallest absolute Gasteiger partial charge is 0.157 e. The minimum absolute atomic E-state index is 0.389. The molecule has 3 heteroatoms. The van der Waals surface area contributed by atoms with Gasteiger partial charge in [0.15, 0.2) is 5.75 Å². The van der Waals surface area contributed by atoms with Crippen LogP contribution in [0.25, 0.3) is 0 Å². The topological polar surface area (TPSA) is 27.1 Å². The van der Waals surface area contributed by atoms with Gasteiger partial charge >= 0.3 is 0 Å². The van der Waals surface area contributed by atoms with Crippen LogP contribution in [0.15, 0.2) is 12.4 Å². The Balaban J connectivity index is 0.000000741. The highest BCUT2D eigenvalue weighted by Crippen LogP contribution is 2.31. The van der Waals surface area contributed by atoms with E-state index in [-0.39, 0.29) is 0 Å². The number of aryl methyl sites for hydroxylation is 1. The highest BCUT2D eigenvalue weighted by Gasteiger charge is 2.25. The number of nitrogens with zero attached hydrogens (tertiary/aromatic N) is 2. The average molecular weight is 268 g/mol. The highest BCUT2D eigenvalue weighted by atomic mass is 16.5. The Morgan fingerprint density at radius 2 is 1.74 bits per heavy atom. The van der Waals surface area contributed by atoms with Crippen molar-refractivity contribution < 1.29 is 4.74 Å². The van der Waals surface area contributed by atoms with Crippen molar-refractivity contribution in [2.75, 3.05) is 0 Å². The summed E-state index contributed by atoms with van der Waals surface area (Å²) in [6, 6.07) is 0. The van der Waals surface area contributed by atoms with Crippen LogP contribution in [0.1, 0.15) is 60.8 Å². The Morgan fingerprint density at radius 3 is 2.21 bits per heavy atom. The van der Waals surface area contributed by atoms with E-state index in [1.54, 1.807) is 10.9 Å². The molecule has 1 aromatic rings. The number of ether oxygens (including phenoxy) is 1. The lowest BCUT2D eigenvalue weighted by molar-refractivity contribution is 0.101. The standard InChI is InChI=1S/C12H20N2O.2C2H6/c1-9-4-5-11(6-10(9)2)15-12-7-13-14(3)8-12;2*1-2/h7-11H,4-6H2,1-3H3;2*1-2H3. The maximum atomic E-state index is 5.91. The van der Waals surface area contributed by atoms with Gasteiger partial charge in [-0.2, -0.15) is 5.10 Å². The van der Waals surface area contributed by atoms with Crippen LogP contribution in [0.2, 0.25) is 0 Å². The van der Waals surface area contributed by atoms with E-state index in [9.17, 15) is 0 Å². The fourth-order valence-electron chi connectivity index (χ4n) is 2.26. The molecule has 1 fully saturated rings. The molecule has 0 radical (unpaired) electrons. The summed E-state index contributed by atoms with van der Waals surface area (Å²) < 4.78 is 7.69. The largest absolute Gasteiger partial charge is 0.487 e. The van der Waals surface area contributed by atoms with Crippen LogP contribution in [-0.4, -0.2) is 15.9 Å². The van der Waals surface area contributed by atoms with Crippen molar-refractivity contribution in [1.29, 1.82) is 0 Å². The van der Waals surface area contributed by atoms with Gasteiger partial charge in [0.05, 0.1) is 18.5 Å². The fraction of sp³-hybridized carbons (Fsp3) is 0.812. The van der Waals surface area contributed by atoms with Gasteiger partial charge in [-0.1, -0.05) is 41.5 Å². The third-order valence-electron chi connectivity index (χ3n) is 3.53. The van der Waals surface area contributed by atoms with Gasteiger partial charge in [-0.25, -0.2) is 0 Å². The van der Waals surface area contributed by atoms with Crippen molar-refractivity contribution in [2.45, 2.75) is 66.9 Å². The molecular weight excluding hydrogens is 236 g/mol. The highest BCUT2D eigenvalue weighted by molar-refractivity contribution is 5.12. The molecule has 1 heterocycles. The maximum absolute atomic E-state index is 5.91. The fourth-order valence-corrected chi connectivity index (χ4v) is 2.26. The van der Waals surface area contributed by atoms with Crippen LogP contribution in [0.3, 0.4) is 0 Å². The normalized spacial score (nSPS) is 25.5. The first-order chi connectivity index (χ1) is 9.15. The van der Waals surface area contributed by atoms with Crippen molar-refractivity contribution in [3.63, 3.8) is 0 Å². The number of hydrogen-bond acceptors (Lipinski definition) is 2. The molecule has 0 aromatic carbocycles. The van der Waals surface area contributed by atoms with E-state index in [1.807, 2.05) is 40.9 Å². The molecule has 0 amide bonds. The molecule has 2 rings (SSSR count). The zero-order chi connectivity index (χ0) is 14.8. The van der Waals surface area contributed by atoms with Crippen LogP contribution in [0.5, 0.6) is 5.75 Å². The third kappa shape index (κ3) is 6.13.